The molecular weight excluding hydrogens is 509 g/mol. The van der Waals surface area contributed by atoms with Crippen LogP contribution in [-0.2, 0) is 16.1 Å². The second kappa shape index (κ2) is 11.5. The minimum Gasteiger partial charge on any atom is -0.352 e. The van der Waals surface area contributed by atoms with Crippen molar-refractivity contribution in [2.45, 2.75) is 58.7 Å². The summed E-state index contributed by atoms with van der Waals surface area (Å²) in [6.07, 6.45) is 1.45. The Balaban J connectivity index is 1.47. The van der Waals surface area contributed by atoms with Gasteiger partial charge in [0.25, 0.3) is 5.91 Å². The van der Waals surface area contributed by atoms with Crippen LogP contribution in [0.4, 0.5) is 5.69 Å². The number of hydrogen-bond donors (Lipinski definition) is 1. The van der Waals surface area contributed by atoms with Gasteiger partial charge in [-0.25, -0.2) is 0 Å². The zero-order valence-corrected chi connectivity index (χ0v) is 22.8. The molecule has 0 bridgehead atoms. The highest BCUT2D eigenvalue weighted by Gasteiger charge is 2.30. The van der Waals surface area contributed by atoms with Crippen molar-refractivity contribution in [2.24, 2.45) is 0 Å². The van der Waals surface area contributed by atoms with Crippen LogP contribution in [-0.4, -0.2) is 41.2 Å². The molecule has 8 heteroatoms. The summed E-state index contributed by atoms with van der Waals surface area (Å²) in [6, 6.07) is 16.1. The lowest BCUT2D eigenvalue weighted by molar-refractivity contribution is -0.140. The van der Waals surface area contributed by atoms with Crippen LogP contribution < -0.4 is 10.2 Å². The molecule has 0 aromatic heterocycles. The Bertz CT molecular complexity index is 1340. The average Bonchev–Trinajstić information content (AvgIpc) is 3.16. The van der Waals surface area contributed by atoms with Crippen LogP contribution in [0, 0.1) is 0 Å². The highest BCUT2D eigenvalue weighted by molar-refractivity contribution is 6.42. The number of rotatable bonds is 10. The first-order valence-corrected chi connectivity index (χ1v) is 13.3. The topological polar surface area (TPSA) is 69.7 Å². The van der Waals surface area contributed by atoms with Gasteiger partial charge in [0.05, 0.1) is 15.7 Å². The smallest absolute Gasteiger partial charge is 0.258 e. The number of carbonyl (C=O) groups excluding carboxylic acids is 3. The number of halogens is 2. The lowest BCUT2D eigenvalue weighted by Gasteiger charge is -2.30. The summed E-state index contributed by atoms with van der Waals surface area (Å²) in [6.45, 7) is 6.28. The molecule has 0 saturated carbocycles. The Labute approximate surface area is 227 Å². The molecule has 0 saturated heterocycles. The van der Waals surface area contributed by atoms with Crippen LogP contribution >= 0.6 is 23.2 Å². The van der Waals surface area contributed by atoms with Crippen LogP contribution in [0.15, 0.2) is 54.6 Å². The molecule has 1 aliphatic rings. The minimum atomic E-state index is -0.678. The van der Waals surface area contributed by atoms with Crippen molar-refractivity contribution in [1.29, 1.82) is 0 Å². The van der Waals surface area contributed by atoms with Gasteiger partial charge in [-0.05, 0) is 61.9 Å². The van der Waals surface area contributed by atoms with Crippen molar-refractivity contribution in [3.63, 3.8) is 0 Å². The van der Waals surface area contributed by atoms with E-state index in [2.05, 4.69) is 5.32 Å². The molecule has 194 valence electrons. The number of hydrogen-bond acceptors (Lipinski definition) is 3. The molecule has 0 fully saturated rings. The largest absolute Gasteiger partial charge is 0.352 e. The van der Waals surface area contributed by atoms with E-state index in [0.29, 0.717) is 28.6 Å². The molecule has 1 N–H and O–H groups in total. The summed E-state index contributed by atoms with van der Waals surface area (Å²) >= 11 is 12.3. The Kier molecular flexibility index (Phi) is 8.40. The number of nitrogens with one attached hydrogen (secondary N) is 1. The Morgan fingerprint density at radius 1 is 1.03 bits per heavy atom. The van der Waals surface area contributed by atoms with Crippen molar-refractivity contribution in [2.75, 3.05) is 11.4 Å². The van der Waals surface area contributed by atoms with E-state index in [1.165, 1.54) is 0 Å². The van der Waals surface area contributed by atoms with Gasteiger partial charge in [-0.3, -0.25) is 14.4 Å². The van der Waals surface area contributed by atoms with E-state index in [1.54, 1.807) is 34.9 Å². The maximum absolute atomic E-state index is 13.4. The van der Waals surface area contributed by atoms with Gasteiger partial charge in [0.2, 0.25) is 11.8 Å². The van der Waals surface area contributed by atoms with Crippen molar-refractivity contribution >= 4 is 57.4 Å². The first-order valence-electron chi connectivity index (χ1n) is 12.6. The fourth-order valence-corrected chi connectivity index (χ4v) is 4.94. The normalized spacial score (nSPS) is 14.1. The molecule has 37 heavy (non-hydrogen) atoms. The summed E-state index contributed by atoms with van der Waals surface area (Å²) in [4.78, 5) is 42.8. The molecule has 0 aliphatic carbocycles. The fraction of sp³-hybridized carbons (Fsp3) is 0.345. The summed E-state index contributed by atoms with van der Waals surface area (Å²) in [5, 5.41) is 5.77. The number of benzene rings is 3. The van der Waals surface area contributed by atoms with E-state index in [-0.39, 0.29) is 36.7 Å². The van der Waals surface area contributed by atoms with Crippen molar-refractivity contribution in [3.8, 4) is 0 Å². The van der Waals surface area contributed by atoms with E-state index in [1.807, 2.05) is 50.2 Å². The molecule has 0 radical (unpaired) electrons. The van der Waals surface area contributed by atoms with Crippen LogP contribution in [0.1, 0.15) is 56.0 Å². The van der Waals surface area contributed by atoms with Crippen molar-refractivity contribution in [1.82, 2.24) is 10.2 Å². The van der Waals surface area contributed by atoms with Gasteiger partial charge in [0.15, 0.2) is 0 Å². The van der Waals surface area contributed by atoms with Gasteiger partial charge in [-0.2, -0.15) is 0 Å². The average molecular weight is 540 g/mol. The first-order chi connectivity index (χ1) is 17.7. The van der Waals surface area contributed by atoms with Crippen LogP contribution in [0.3, 0.4) is 0 Å². The second-order valence-corrected chi connectivity index (χ2v) is 10.3. The predicted molar refractivity (Wildman–Crippen MR) is 149 cm³/mol. The molecule has 6 nitrogen and oxygen atoms in total. The summed E-state index contributed by atoms with van der Waals surface area (Å²) in [7, 11) is 0. The monoisotopic (exact) mass is 539 g/mol. The summed E-state index contributed by atoms with van der Waals surface area (Å²) in [5.41, 5.74) is 2.35. The maximum Gasteiger partial charge on any atom is 0.258 e. The molecule has 4 rings (SSSR count). The van der Waals surface area contributed by atoms with E-state index < -0.39 is 6.04 Å². The standard InChI is InChI=1S/C29H31Cl2N3O3/c1-4-18(2)32-28(36)19(3)34(17-20-13-14-23(30)24(31)16-20)26(35)12-7-15-33-25-11-6-9-21-8-5-10-22(27(21)25)29(33)37/h5-6,8-11,13-14,16,18-19H,4,7,12,15,17H2,1-3H3,(H,32,36). The third kappa shape index (κ3) is 5.76. The van der Waals surface area contributed by atoms with Crippen LogP contribution in [0.2, 0.25) is 10.0 Å². The number of amides is 3. The predicted octanol–water partition coefficient (Wildman–Crippen LogP) is 6.22. The molecule has 0 spiro atoms. The van der Waals surface area contributed by atoms with Gasteiger partial charge in [-0.15, -0.1) is 0 Å². The third-order valence-corrected chi connectivity index (χ3v) is 7.67. The van der Waals surface area contributed by atoms with Gasteiger partial charge in [0, 0.05) is 36.5 Å². The molecule has 3 aromatic carbocycles. The van der Waals surface area contributed by atoms with E-state index in [9.17, 15) is 14.4 Å². The number of nitrogens with zero attached hydrogens (tertiary/aromatic N) is 2. The Morgan fingerprint density at radius 2 is 1.76 bits per heavy atom. The zero-order valence-electron chi connectivity index (χ0n) is 21.3. The summed E-state index contributed by atoms with van der Waals surface area (Å²) < 4.78 is 0. The lowest BCUT2D eigenvalue weighted by atomic mass is 10.1. The van der Waals surface area contributed by atoms with Gasteiger partial charge in [0.1, 0.15) is 6.04 Å². The van der Waals surface area contributed by atoms with Gasteiger partial charge >= 0.3 is 0 Å². The molecule has 3 amide bonds. The molecule has 2 atom stereocenters. The SMILES string of the molecule is CCC(C)NC(=O)C(C)N(Cc1ccc(Cl)c(Cl)c1)C(=O)CCCN1C(=O)c2cccc3cccc1c23. The van der Waals surface area contributed by atoms with Crippen LogP contribution in [0.25, 0.3) is 10.8 Å². The zero-order chi connectivity index (χ0) is 26.7. The van der Waals surface area contributed by atoms with Gasteiger partial charge in [-0.1, -0.05) is 60.5 Å². The minimum absolute atomic E-state index is 0.00222. The number of anilines is 1. The van der Waals surface area contributed by atoms with E-state index in [0.717, 1.165) is 28.4 Å². The third-order valence-electron chi connectivity index (χ3n) is 6.93. The van der Waals surface area contributed by atoms with Crippen LogP contribution in [0.5, 0.6) is 0 Å². The Morgan fingerprint density at radius 3 is 2.46 bits per heavy atom. The summed E-state index contributed by atoms with van der Waals surface area (Å²) in [5.74, 6) is -0.423. The van der Waals surface area contributed by atoms with Gasteiger partial charge < -0.3 is 15.1 Å². The lowest BCUT2D eigenvalue weighted by Crippen LogP contribution is -2.49. The highest BCUT2D eigenvalue weighted by Crippen LogP contribution is 2.37. The quantitative estimate of drug-likeness (QED) is 0.332. The van der Waals surface area contributed by atoms with Crippen molar-refractivity contribution < 1.29 is 14.4 Å². The van der Waals surface area contributed by atoms with E-state index in [4.69, 9.17) is 23.2 Å². The first kappa shape index (κ1) is 27.0. The molecule has 1 aliphatic heterocycles. The molecule has 2 unspecified atom stereocenters. The number of carbonyl (C=O) groups is 3. The van der Waals surface area contributed by atoms with Crippen molar-refractivity contribution in [3.05, 3.63) is 75.8 Å². The fourth-order valence-electron chi connectivity index (χ4n) is 4.62. The molecule has 3 aromatic rings. The second-order valence-electron chi connectivity index (χ2n) is 9.51. The highest BCUT2D eigenvalue weighted by atomic mass is 35.5. The molecular formula is C29H31Cl2N3O3. The Hall–Kier alpha value is -3.09. The van der Waals surface area contributed by atoms with E-state index >= 15 is 0 Å². The molecule has 1 heterocycles. The maximum atomic E-state index is 13.4.